The van der Waals surface area contributed by atoms with Crippen LogP contribution < -0.4 is 31.6 Å². The molecular formula is C55H70N8O8. The number of amides is 2. The van der Waals surface area contributed by atoms with Crippen LogP contribution in [0, 0.1) is 31.6 Å². The smallest absolute Gasteiger partial charge is 0.305 e. The van der Waals surface area contributed by atoms with Crippen molar-refractivity contribution in [1.29, 1.82) is 0 Å². The van der Waals surface area contributed by atoms with E-state index in [1.165, 1.54) is 21.5 Å². The molecule has 2 saturated heterocycles. The minimum atomic E-state index is -1.09. The molecule has 2 fully saturated rings. The number of aromatic nitrogens is 4. The van der Waals surface area contributed by atoms with E-state index in [9.17, 15) is 39.0 Å². The normalized spacial score (nSPS) is 17.2. The van der Waals surface area contributed by atoms with Crippen molar-refractivity contribution in [3.05, 3.63) is 128 Å². The molecule has 5 atom stereocenters. The second kappa shape index (κ2) is 22.9. The second-order valence-electron chi connectivity index (χ2n) is 20.7. The fraction of sp³-hybridized carbons (Fsp3) is 0.491. The van der Waals surface area contributed by atoms with Gasteiger partial charge in [-0.15, -0.1) is 0 Å². The number of pyridine rings is 2. The van der Waals surface area contributed by atoms with Crippen LogP contribution in [0.5, 0.6) is 0 Å². The predicted octanol–water partition coefficient (Wildman–Crippen LogP) is 8.03. The van der Waals surface area contributed by atoms with Crippen LogP contribution in [-0.4, -0.2) is 79.2 Å². The number of rotatable bonds is 19. The average molecular weight is 971 g/mol. The number of anilines is 2. The van der Waals surface area contributed by atoms with Crippen LogP contribution >= 0.6 is 0 Å². The SMILES string of the molecule is Cc1ccn(C(CC(C)C)C(=O)N[C@@H](CC(=O)O)c2cnc(C)c(N3CCCC(c4ccc5c(=O)n([C@@H](CC(C)C)C(=O)N[C@@H](CC(=O)O)c6cccc(N7CCC(C)CC7)c6)cnc5c4)C3)c2)c(=O)c1. The molecule has 2 aromatic carbocycles. The molecule has 0 bridgehead atoms. The number of nitrogens with zero attached hydrogens (tertiary/aromatic N) is 6. The molecule has 16 heteroatoms. The molecule has 0 spiro atoms. The van der Waals surface area contributed by atoms with Crippen LogP contribution in [0.3, 0.4) is 0 Å². The third kappa shape index (κ3) is 12.9. The van der Waals surface area contributed by atoms with E-state index in [1.807, 2.05) is 84.0 Å². The molecule has 4 N–H and O–H groups in total. The molecule has 0 aliphatic carbocycles. The largest absolute Gasteiger partial charge is 0.481 e. The maximum absolute atomic E-state index is 14.3. The van der Waals surface area contributed by atoms with E-state index in [4.69, 9.17) is 4.98 Å². The van der Waals surface area contributed by atoms with Crippen LogP contribution in [0.1, 0.15) is 144 Å². The molecule has 7 rings (SSSR count). The van der Waals surface area contributed by atoms with Crippen molar-refractivity contribution in [3.63, 3.8) is 0 Å². The van der Waals surface area contributed by atoms with Crippen molar-refractivity contribution in [1.82, 2.24) is 29.7 Å². The molecular weight excluding hydrogens is 901 g/mol. The quantitative estimate of drug-likeness (QED) is 0.0620. The maximum Gasteiger partial charge on any atom is 0.305 e. The van der Waals surface area contributed by atoms with E-state index in [0.29, 0.717) is 47.3 Å². The van der Waals surface area contributed by atoms with Crippen LogP contribution in [0.4, 0.5) is 11.4 Å². The second-order valence-corrected chi connectivity index (χ2v) is 20.7. The highest BCUT2D eigenvalue weighted by molar-refractivity contribution is 5.84. The standard InChI is InChI=1S/C55H70N8O8/c1-33(2)22-48(62-21-17-36(6)24-50(62)64)53(69)59-45(29-52(67)68)41-27-47(37(7)56-30-41)61-18-9-11-40(31-61)38-13-14-43-46(26-38)57-32-63(55(43)71)49(23-34(3)4)54(70)58-44(28-51(65)66)39-10-8-12-42(25-39)60-19-15-35(5)16-20-60/h8,10,12-14,17,21,24-27,30,32-35,40,44-45,48-49H,9,11,15-16,18-20,22-23,28-29,31H2,1-7H3,(H,58,70)(H,59,69)(H,65,66)(H,67,68)/t40?,44-,45-,48?,49-/m0/s1. The molecule has 5 heterocycles. The van der Waals surface area contributed by atoms with Crippen molar-refractivity contribution in [2.75, 3.05) is 36.0 Å². The summed E-state index contributed by atoms with van der Waals surface area (Å²) in [6.45, 7) is 17.0. The Bertz CT molecular complexity index is 2850. The lowest BCUT2D eigenvalue weighted by Crippen LogP contribution is -2.40. The molecule has 2 amide bonds. The van der Waals surface area contributed by atoms with Crippen molar-refractivity contribution >= 4 is 46.0 Å². The highest BCUT2D eigenvalue weighted by Crippen LogP contribution is 2.35. The highest BCUT2D eigenvalue weighted by Gasteiger charge is 2.31. The summed E-state index contributed by atoms with van der Waals surface area (Å²) in [4.78, 5) is 94.1. The lowest BCUT2D eigenvalue weighted by molar-refractivity contribution is -0.139. The Morgan fingerprint density at radius 1 is 0.732 bits per heavy atom. The van der Waals surface area contributed by atoms with Crippen molar-refractivity contribution in [2.45, 2.75) is 130 Å². The zero-order chi connectivity index (χ0) is 51.1. The van der Waals surface area contributed by atoms with Gasteiger partial charge in [-0.1, -0.05) is 52.8 Å². The molecule has 3 aromatic heterocycles. The Kier molecular flexibility index (Phi) is 16.8. The number of piperidine rings is 2. The average Bonchev–Trinajstić information content (AvgIpc) is 3.32. The van der Waals surface area contributed by atoms with E-state index in [-0.39, 0.29) is 41.7 Å². The van der Waals surface area contributed by atoms with Crippen molar-refractivity contribution < 1.29 is 29.4 Å². The number of carbonyl (C=O) groups is 4. The summed E-state index contributed by atoms with van der Waals surface area (Å²) >= 11 is 0. The third-order valence-electron chi connectivity index (χ3n) is 14.1. The number of aryl methyl sites for hydroxylation is 2. The zero-order valence-corrected chi connectivity index (χ0v) is 42.1. The summed E-state index contributed by atoms with van der Waals surface area (Å²) in [6, 6.07) is 15.0. The summed E-state index contributed by atoms with van der Waals surface area (Å²) in [5.74, 6) is -2.26. The van der Waals surface area contributed by atoms with E-state index >= 15 is 0 Å². The first kappa shape index (κ1) is 52.0. The van der Waals surface area contributed by atoms with Gasteiger partial charge in [0, 0.05) is 56.2 Å². The molecule has 16 nitrogen and oxygen atoms in total. The topological polar surface area (TPSA) is 209 Å². The van der Waals surface area contributed by atoms with E-state index in [1.54, 1.807) is 24.5 Å². The van der Waals surface area contributed by atoms with Gasteiger partial charge in [0.2, 0.25) is 11.8 Å². The Morgan fingerprint density at radius 3 is 2.01 bits per heavy atom. The van der Waals surface area contributed by atoms with Crippen molar-refractivity contribution in [2.24, 2.45) is 17.8 Å². The number of carboxylic acids is 2. The van der Waals surface area contributed by atoms with Gasteiger partial charge in [0.25, 0.3) is 11.1 Å². The summed E-state index contributed by atoms with van der Waals surface area (Å²) in [5, 5.41) is 26.3. The molecule has 71 heavy (non-hydrogen) atoms. The first-order chi connectivity index (χ1) is 33.8. The number of hydrogen-bond donors (Lipinski definition) is 4. The highest BCUT2D eigenvalue weighted by atomic mass is 16.4. The van der Waals surface area contributed by atoms with Gasteiger partial charge >= 0.3 is 11.9 Å². The number of carboxylic acid groups (broad SMARTS) is 2. The Morgan fingerprint density at radius 2 is 1.38 bits per heavy atom. The lowest BCUT2D eigenvalue weighted by atomic mass is 9.89. The van der Waals surface area contributed by atoms with Gasteiger partial charge < -0.3 is 35.2 Å². The Hall–Kier alpha value is -6.84. The minimum Gasteiger partial charge on any atom is -0.481 e. The Labute approximate surface area is 415 Å². The lowest BCUT2D eigenvalue weighted by Gasteiger charge is -2.36. The summed E-state index contributed by atoms with van der Waals surface area (Å²) in [7, 11) is 0. The van der Waals surface area contributed by atoms with Crippen LogP contribution in [0.2, 0.25) is 0 Å². The summed E-state index contributed by atoms with van der Waals surface area (Å²) in [5.41, 5.74) is 5.36. The third-order valence-corrected chi connectivity index (χ3v) is 14.1. The predicted molar refractivity (Wildman–Crippen MR) is 275 cm³/mol. The maximum atomic E-state index is 14.3. The van der Waals surface area contributed by atoms with Crippen LogP contribution in [-0.2, 0) is 19.2 Å². The molecule has 5 aromatic rings. The van der Waals surface area contributed by atoms with Gasteiger partial charge in [-0.05, 0) is 129 Å². The number of hydrogen-bond acceptors (Lipinski definition) is 10. The Balaban J connectivity index is 1.10. The van der Waals surface area contributed by atoms with Crippen molar-refractivity contribution in [3.8, 4) is 0 Å². The molecule has 0 saturated carbocycles. The van der Waals surface area contributed by atoms with Gasteiger partial charge in [-0.25, -0.2) is 4.98 Å². The van der Waals surface area contributed by atoms with E-state index in [0.717, 1.165) is 73.5 Å². The number of nitrogens with one attached hydrogen (secondary N) is 2. The monoisotopic (exact) mass is 971 g/mol. The number of fused-ring (bicyclic) bond motifs is 1. The first-order valence-electron chi connectivity index (χ1n) is 25.1. The van der Waals surface area contributed by atoms with Crippen LogP contribution in [0.25, 0.3) is 10.9 Å². The van der Waals surface area contributed by atoms with Gasteiger partial charge in [-0.3, -0.25) is 38.3 Å². The molecule has 378 valence electrons. The van der Waals surface area contributed by atoms with Gasteiger partial charge in [0.15, 0.2) is 0 Å². The zero-order valence-electron chi connectivity index (χ0n) is 42.1. The fourth-order valence-corrected chi connectivity index (χ4v) is 10.2. The van der Waals surface area contributed by atoms with Crippen LogP contribution in [0.15, 0.2) is 89.0 Å². The van der Waals surface area contributed by atoms with Gasteiger partial charge in [-0.2, -0.15) is 0 Å². The van der Waals surface area contributed by atoms with Gasteiger partial charge in [0.05, 0.1) is 53.5 Å². The first-order valence-corrected chi connectivity index (χ1v) is 25.1. The number of benzene rings is 2. The summed E-state index contributed by atoms with van der Waals surface area (Å²) < 4.78 is 2.78. The molecule has 2 unspecified atom stereocenters. The van der Waals surface area contributed by atoms with E-state index in [2.05, 4.69) is 32.3 Å². The minimum absolute atomic E-state index is 0.0208. The number of aliphatic carboxylic acids is 2. The van der Waals surface area contributed by atoms with Gasteiger partial charge in [0.1, 0.15) is 12.1 Å². The number of carbonyl (C=O) groups excluding carboxylic acids is 2. The molecule has 2 aliphatic rings. The van der Waals surface area contributed by atoms with E-state index < -0.39 is 47.9 Å². The molecule has 0 radical (unpaired) electrons. The summed E-state index contributed by atoms with van der Waals surface area (Å²) in [6.07, 6.45) is 8.49. The molecule has 2 aliphatic heterocycles. The fourth-order valence-electron chi connectivity index (χ4n) is 10.2.